The molecule has 2 heteroatoms. The van der Waals surface area contributed by atoms with E-state index in [1.807, 2.05) is 46.3 Å². The van der Waals surface area contributed by atoms with Crippen LogP contribution in [0.4, 0.5) is 0 Å². The summed E-state index contributed by atoms with van der Waals surface area (Å²) in [6.07, 6.45) is 7.28. The van der Waals surface area contributed by atoms with Crippen LogP contribution >= 0.6 is 0 Å². The van der Waals surface area contributed by atoms with Crippen LogP contribution in [0.3, 0.4) is 0 Å². The van der Waals surface area contributed by atoms with E-state index in [4.69, 9.17) is 0 Å². The van der Waals surface area contributed by atoms with E-state index in [0.29, 0.717) is 0 Å². The lowest BCUT2D eigenvalue weighted by Crippen LogP contribution is -1.87. The highest BCUT2D eigenvalue weighted by Gasteiger charge is 2.01. The van der Waals surface area contributed by atoms with E-state index >= 15 is 0 Å². The van der Waals surface area contributed by atoms with Crippen molar-refractivity contribution in [2.24, 2.45) is 0 Å². The maximum absolute atomic E-state index is 4.13. The van der Waals surface area contributed by atoms with Crippen LogP contribution in [0.1, 0.15) is 31.9 Å². The van der Waals surface area contributed by atoms with E-state index in [2.05, 4.69) is 21.8 Å². The quantitative estimate of drug-likeness (QED) is 0.626. The van der Waals surface area contributed by atoms with Crippen LogP contribution in [-0.4, -0.2) is 9.97 Å². The predicted molar refractivity (Wildman–Crippen MR) is 68.2 cm³/mol. The summed E-state index contributed by atoms with van der Waals surface area (Å²) in [5.74, 6) is 5.94. The first kappa shape index (κ1) is 12.2. The van der Waals surface area contributed by atoms with Gasteiger partial charge < -0.3 is 0 Å². The van der Waals surface area contributed by atoms with Crippen LogP contribution in [-0.2, 0) is 0 Å². The molecule has 2 heterocycles. The highest BCUT2D eigenvalue weighted by molar-refractivity contribution is 5.89. The molecule has 0 amide bonds. The van der Waals surface area contributed by atoms with Gasteiger partial charge in [0.15, 0.2) is 0 Å². The number of hydrogen-bond acceptors (Lipinski definition) is 2. The molecule has 0 aliphatic heterocycles. The molecule has 0 fully saturated rings. The van der Waals surface area contributed by atoms with E-state index in [0.717, 1.165) is 21.9 Å². The summed E-state index contributed by atoms with van der Waals surface area (Å²) in [5.41, 5.74) is 2.12. The van der Waals surface area contributed by atoms with Gasteiger partial charge in [0.25, 0.3) is 0 Å². The SMILES string of the molecule is CC.CC#Cc1cncc2cncc(C)c12. The zero-order valence-corrected chi connectivity index (χ0v) is 10.2. The number of fused-ring (bicyclic) bond motifs is 1. The second-order valence-corrected chi connectivity index (χ2v) is 3.12. The monoisotopic (exact) mass is 212 g/mol. The molecule has 0 saturated heterocycles. The molecule has 0 saturated carbocycles. The van der Waals surface area contributed by atoms with Gasteiger partial charge in [0.1, 0.15) is 0 Å². The van der Waals surface area contributed by atoms with Gasteiger partial charge in [0, 0.05) is 35.6 Å². The van der Waals surface area contributed by atoms with Crippen molar-refractivity contribution >= 4 is 10.8 Å². The Morgan fingerprint density at radius 2 is 1.62 bits per heavy atom. The summed E-state index contributed by atoms with van der Waals surface area (Å²) >= 11 is 0. The summed E-state index contributed by atoms with van der Waals surface area (Å²) in [5, 5.41) is 2.20. The zero-order valence-electron chi connectivity index (χ0n) is 10.2. The summed E-state index contributed by atoms with van der Waals surface area (Å²) < 4.78 is 0. The number of aryl methyl sites for hydroxylation is 1. The molecule has 16 heavy (non-hydrogen) atoms. The van der Waals surface area contributed by atoms with Crippen molar-refractivity contribution < 1.29 is 0 Å². The summed E-state index contributed by atoms with van der Waals surface area (Å²) in [7, 11) is 0. The van der Waals surface area contributed by atoms with Crippen molar-refractivity contribution in [1.82, 2.24) is 9.97 Å². The number of pyridine rings is 2. The Morgan fingerprint density at radius 3 is 2.25 bits per heavy atom. The van der Waals surface area contributed by atoms with Gasteiger partial charge in [-0.05, 0) is 19.4 Å². The first-order valence-corrected chi connectivity index (χ1v) is 5.44. The molecule has 0 bridgehead atoms. The molecule has 0 spiro atoms. The minimum absolute atomic E-state index is 0.977. The molecule has 0 aromatic carbocycles. The largest absolute Gasteiger partial charge is 0.264 e. The van der Waals surface area contributed by atoms with Crippen LogP contribution in [0.15, 0.2) is 24.8 Å². The Morgan fingerprint density at radius 1 is 1.00 bits per heavy atom. The van der Waals surface area contributed by atoms with E-state index in [1.165, 1.54) is 0 Å². The molecule has 2 nitrogen and oxygen atoms in total. The molecule has 2 aromatic heterocycles. The van der Waals surface area contributed by atoms with Gasteiger partial charge in [0.05, 0.1) is 5.56 Å². The Kier molecular flexibility index (Phi) is 4.47. The highest BCUT2D eigenvalue weighted by atomic mass is 14.7. The lowest BCUT2D eigenvalue weighted by Gasteiger charge is -2.02. The fraction of sp³-hybridized carbons (Fsp3) is 0.286. The number of nitrogens with zero attached hydrogens (tertiary/aromatic N) is 2. The summed E-state index contributed by atoms with van der Waals surface area (Å²) in [6, 6.07) is 0. The number of aromatic nitrogens is 2. The Bertz CT molecular complexity index is 528. The molecule has 0 N–H and O–H groups in total. The van der Waals surface area contributed by atoms with E-state index < -0.39 is 0 Å². The third-order valence-electron chi connectivity index (χ3n) is 2.11. The van der Waals surface area contributed by atoms with Gasteiger partial charge in [0.2, 0.25) is 0 Å². The van der Waals surface area contributed by atoms with Crippen LogP contribution in [0.5, 0.6) is 0 Å². The van der Waals surface area contributed by atoms with Gasteiger partial charge in [-0.15, -0.1) is 5.92 Å². The first-order valence-electron chi connectivity index (χ1n) is 5.44. The van der Waals surface area contributed by atoms with Crippen LogP contribution in [0, 0.1) is 18.8 Å². The average Bonchev–Trinajstić information content (AvgIpc) is 2.32. The minimum Gasteiger partial charge on any atom is -0.264 e. The molecule has 0 aliphatic rings. The van der Waals surface area contributed by atoms with Crippen molar-refractivity contribution in [3.63, 3.8) is 0 Å². The van der Waals surface area contributed by atoms with Gasteiger partial charge in [-0.1, -0.05) is 19.8 Å². The third-order valence-corrected chi connectivity index (χ3v) is 2.11. The Labute approximate surface area is 96.7 Å². The molecule has 0 aliphatic carbocycles. The smallest absolute Gasteiger partial charge is 0.0510 e. The van der Waals surface area contributed by atoms with Gasteiger partial charge in [-0.3, -0.25) is 9.97 Å². The molecule has 2 aromatic rings. The number of hydrogen-bond donors (Lipinski definition) is 0. The Hall–Kier alpha value is -1.88. The van der Waals surface area contributed by atoms with Crippen LogP contribution in [0.2, 0.25) is 0 Å². The van der Waals surface area contributed by atoms with Crippen molar-refractivity contribution in [2.45, 2.75) is 27.7 Å². The van der Waals surface area contributed by atoms with Crippen LogP contribution in [0.25, 0.3) is 10.8 Å². The summed E-state index contributed by atoms with van der Waals surface area (Å²) in [6.45, 7) is 7.87. The summed E-state index contributed by atoms with van der Waals surface area (Å²) in [4.78, 5) is 8.26. The standard InChI is InChI=1S/C12H10N2.C2H6/c1-3-4-10-6-14-8-11-7-13-5-9(2)12(10)11;1-2/h5-8H,1-2H3;1-2H3. The molecular formula is C14H16N2. The Balaban J connectivity index is 0.000000606. The van der Waals surface area contributed by atoms with Crippen molar-refractivity contribution in [1.29, 1.82) is 0 Å². The van der Waals surface area contributed by atoms with Crippen molar-refractivity contribution in [3.8, 4) is 11.8 Å². The molecular weight excluding hydrogens is 196 g/mol. The highest BCUT2D eigenvalue weighted by Crippen LogP contribution is 2.19. The molecule has 82 valence electrons. The number of rotatable bonds is 0. The van der Waals surface area contributed by atoms with E-state index in [9.17, 15) is 0 Å². The maximum Gasteiger partial charge on any atom is 0.0510 e. The third kappa shape index (κ3) is 2.38. The van der Waals surface area contributed by atoms with Gasteiger partial charge >= 0.3 is 0 Å². The first-order chi connectivity index (χ1) is 7.83. The van der Waals surface area contributed by atoms with E-state index in [1.54, 1.807) is 6.20 Å². The lowest BCUT2D eigenvalue weighted by atomic mass is 10.1. The molecule has 0 atom stereocenters. The van der Waals surface area contributed by atoms with Crippen molar-refractivity contribution in [2.75, 3.05) is 0 Å². The molecule has 0 unspecified atom stereocenters. The normalized spacial score (nSPS) is 8.75. The second-order valence-electron chi connectivity index (χ2n) is 3.12. The average molecular weight is 212 g/mol. The lowest BCUT2D eigenvalue weighted by molar-refractivity contribution is 1.27. The topological polar surface area (TPSA) is 25.8 Å². The maximum atomic E-state index is 4.13. The minimum atomic E-state index is 0.977. The van der Waals surface area contributed by atoms with Gasteiger partial charge in [-0.25, -0.2) is 0 Å². The van der Waals surface area contributed by atoms with Crippen LogP contribution < -0.4 is 0 Å². The fourth-order valence-electron chi connectivity index (χ4n) is 1.54. The molecule has 2 rings (SSSR count). The van der Waals surface area contributed by atoms with Crippen molar-refractivity contribution in [3.05, 3.63) is 35.9 Å². The van der Waals surface area contributed by atoms with Gasteiger partial charge in [-0.2, -0.15) is 0 Å². The zero-order chi connectivity index (χ0) is 12.0. The second kappa shape index (κ2) is 5.87. The fourth-order valence-corrected chi connectivity index (χ4v) is 1.54. The molecule has 0 radical (unpaired) electrons. The predicted octanol–water partition coefficient (Wildman–Crippen LogP) is 3.34. The van der Waals surface area contributed by atoms with E-state index in [-0.39, 0.29) is 0 Å².